The molecule has 9 heteroatoms. The third-order valence-electron chi connectivity index (χ3n) is 7.07. The summed E-state index contributed by atoms with van der Waals surface area (Å²) in [7, 11) is -3.61. The fourth-order valence-corrected chi connectivity index (χ4v) is 6.22. The molecule has 0 bridgehead atoms. The van der Waals surface area contributed by atoms with E-state index in [9.17, 15) is 13.2 Å². The molecule has 8 nitrogen and oxygen atoms in total. The number of rotatable bonds is 8. The molecule has 2 aromatic rings. The third kappa shape index (κ3) is 5.25. The van der Waals surface area contributed by atoms with Crippen LogP contribution in [0.2, 0.25) is 0 Å². The van der Waals surface area contributed by atoms with Crippen LogP contribution in [0.4, 0.5) is 0 Å². The summed E-state index contributed by atoms with van der Waals surface area (Å²) < 4.78 is 33.0. The average molecular weight is 485 g/mol. The fraction of sp³-hybridized carbons (Fsp3) is 0.560. The van der Waals surface area contributed by atoms with Gasteiger partial charge in [0.1, 0.15) is 0 Å². The van der Waals surface area contributed by atoms with Crippen molar-refractivity contribution in [2.45, 2.75) is 68.6 Å². The Balaban J connectivity index is 1.13. The van der Waals surface area contributed by atoms with Gasteiger partial charge in [0.05, 0.1) is 4.90 Å². The second kappa shape index (κ2) is 10.00. The zero-order valence-electron chi connectivity index (χ0n) is 19.4. The molecule has 1 aliphatic heterocycles. The van der Waals surface area contributed by atoms with E-state index < -0.39 is 10.0 Å². The van der Waals surface area contributed by atoms with Crippen LogP contribution in [0.5, 0.6) is 0 Å². The maximum Gasteiger partial charge on any atom is 0.243 e. The van der Waals surface area contributed by atoms with Crippen molar-refractivity contribution in [3.63, 3.8) is 0 Å². The van der Waals surface area contributed by atoms with Crippen LogP contribution in [-0.4, -0.2) is 48.4 Å². The van der Waals surface area contributed by atoms with Crippen LogP contribution in [0.1, 0.15) is 69.6 Å². The first kappa shape index (κ1) is 23.2. The Morgan fingerprint density at radius 2 is 1.85 bits per heavy atom. The SMILES string of the molecule is O=C(NCCC1=CCCCC1)C1CCN(S(=O)(=O)c2ccc(-c3noc(C4CC4)n3)cc2)CC1. The van der Waals surface area contributed by atoms with E-state index in [1.54, 1.807) is 24.3 Å². The van der Waals surface area contributed by atoms with Gasteiger partial charge in [0.25, 0.3) is 0 Å². The number of amides is 1. The lowest BCUT2D eigenvalue weighted by Crippen LogP contribution is -2.43. The highest BCUT2D eigenvalue weighted by Crippen LogP contribution is 2.39. The number of carbonyl (C=O) groups is 1. The molecule has 1 saturated carbocycles. The van der Waals surface area contributed by atoms with Crippen molar-refractivity contribution in [1.29, 1.82) is 0 Å². The van der Waals surface area contributed by atoms with Gasteiger partial charge in [0, 0.05) is 37.0 Å². The highest BCUT2D eigenvalue weighted by molar-refractivity contribution is 7.89. The molecule has 182 valence electrons. The van der Waals surface area contributed by atoms with E-state index in [-0.39, 0.29) is 16.7 Å². The number of hydrogen-bond donors (Lipinski definition) is 1. The van der Waals surface area contributed by atoms with Gasteiger partial charge in [-0.15, -0.1) is 0 Å². The Morgan fingerprint density at radius 1 is 1.09 bits per heavy atom. The Labute approximate surface area is 200 Å². The molecule has 2 heterocycles. The Bertz CT molecular complexity index is 1140. The maximum atomic E-state index is 13.1. The molecular formula is C25H32N4O4S. The first-order valence-electron chi connectivity index (χ1n) is 12.4. The molecule has 5 rings (SSSR count). The molecule has 0 radical (unpaired) electrons. The molecule has 1 aromatic heterocycles. The summed E-state index contributed by atoms with van der Waals surface area (Å²) in [5, 5.41) is 7.07. The van der Waals surface area contributed by atoms with E-state index in [0.717, 1.165) is 37.7 Å². The standard InChI is InChI=1S/C25H32N4O4S/c30-24(26-15-12-18-4-2-1-3-5-18)20-13-16-29(17-14-20)34(31,32)22-10-8-19(9-11-22)23-27-25(33-28-23)21-6-7-21/h4,8-11,20-21H,1-3,5-7,12-17H2,(H,26,30). The number of allylic oxidation sites excluding steroid dienone is 1. The maximum absolute atomic E-state index is 13.1. The van der Waals surface area contributed by atoms with Crippen molar-refractivity contribution in [1.82, 2.24) is 19.8 Å². The number of piperidine rings is 1. The van der Waals surface area contributed by atoms with Crippen molar-refractivity contribution in [2.75, 3.05) is 19.6 Å². The van der Waals surface area contributed by atoms with Gasteiger partial charge in [0.15, 0.2) is 0 Å². The smallest absolute Gasteiger partial charge is 0.243 e. The van der Waals surface area contributed by atoms with Gasteiger partial charge >= 0.3 is 0 Å². The van der Waals surface area contributed by atoms with Crippen LogP contribution >= 0.6 is 0 Å². The lowest BCUT2D eigenvalue weighted by Gasteiger charge is -2.30. The number of benzene rings is 1. The van der Waals surface area contributed by atoms with Crippen LogP contribution in [-0.2, 0) is 14.8 Å². The lowest BCUT2D eigenvalue weighted by atomic mass is 9.96. The first-order valence-corrected chi connectivity index (χ1v) is 13.8. The molecule has 2 fully saturated rings. The van der Waals surface area contributed by atoms with Crippen molar-refractivity contribution in [2.24, 2.45) is 5.92 Å². The molecule has 1 N–H and O–H groups in total. The van der Waals surface area contributed by atoms with Gasteiger partial charge in [-0.2, -0.15) is 9.29 Å². The highest BCUT2D eigenvalue weighted by Gasteiger charge is 2.32. The quantitative estimate of drug-likeness (QED) is 0.568. The van der Waals surface area contributed by atoms with Crippen LogP contribution in [0.15, 0.2) is 45.3 Å². The Morgan fingerprint density at radius 3 is 2.53 bits per heavy atom. The molecule has 34 heavy (non-hydrogen) atoms. The van der Waals surface area contributed by atoms with E-state index in [1.165, 1.54) is 22.7 Å². The summed E-state index contributed by atoms with van der Waals surface area (Å²) in [4.78, 5) is 17.2. The van der Waals surface area contributed by atoms with E-state index in [4.69, 9.17) is 4.52 Å². The monoisotopic (exact) mass is 484 g/mol. The Kier molecular flexibility index (Phi) is 6.83. The van der Waals surface area contributed by atoms with Crippen molar-refractivity contribution < 1.29 is 17.7 Å². The number of nitrogens with one attached hydrogen (secondary N) is 1. The van der Waals surface area contributed by atoms with Gasteiger partial charge in [-0.3, -0.25) is 4.79 Å². The van der Waals surface area contributed by atoms with Crippen molar-refractivity contribution in [3.8, 4) is 11.4 Å². The molecule has 0 spiro atoms. The van der Waals surface area contributed by atoms with Gasteiger partial charge in [-0.1, -0.05) is 16.8 Å². The van der Waals surface area contributed by atoms with Crippen molar-refractivity contribution in [3.05, 3.63) is 41.8 Å². The summed E-state index contributed by atoms with van der Waals surface area (Å²) in [6, 6.07) is 6.62. The highest BCUT2D eigenvalue weighted by atomic mass is 32.2. The first-order chi connectivity index (χ1) is 16.5. The topological polar surface area (TPSA) is 105 Å². The predicted octanol–water partition coefficient (Wildman–Crippen LogP) is 4.02. The molecule has 1 saturated heterocycles. The van der Waals surface area contributed by atoms with Gasteiger partial charge < -0.3 is 9.84 Å². The summed E-state index contributed by atoms with van der Waals surface area (Å²) in [6.07, 6.45) is 11.3. The lowest BCUT2D eigenvalue weighted by molar-refractivity contribution is -0.126. The largest absolute Gasteiger partial charge is 0.356 e. The minimum Gasteiger partial charge on any atom is -0.356 e. The molecule has 3 aliphatic rings. The van der Waals surface area contributed by atoms with Crippen LogP contribution < -0.4 is 5.32 Å². The molecule has 1 amide bonds. The van der Waals surface area contributed by atoms with Gasteiger partial charge in [-0.25, -0.2) is 8.42 Å². The zero-order valence-corrected chi connectivity index (χ0v) is 20.2. The summed E-state index contributed by atoms with van der Waals surface area (Å²) in [6.45, 7) is 1.36. The molecular weight excluding hydrogens is 452 g/mol. The summed E-state index contributed by atoms with van der Waals surface area (Å²) in [5.41, 5.74) is 2.18. The second-order valence-corrected chi connectivity index (χ2v) is 11.5. The molecule has 1 aromatic carbocycles. The van der Waals surface area contributed by atoms with Crippen LogP contribution in [0, 0.1) is 5.92 Å². The van der Waals surface area contributed by atoms with E-state index in [1.807, 2.05) is 0 Å². The van der Waals surface area contributed by atoms with Crippen molar-refractivity contribution >= 4 is 15.9 Å². The average Bonchev–Trinajstić information content (AvgIpc) is 3.61. The molecule has 0 atom stereocenters. The number of carbonyl (C=O) groups excluding carboxylic acids is 1. The molecule has 0 unspecified atom stereocenters. The van der Waals surface area contributed by atoms with Gasteiger partial charge in [0.2, 0.25) is 27.6 Å². The number of aromatic nitrogens is 2. The van der Waals surface area contributed by atoms with Crippen LogP contribution in [0.25, 0.3) is 11.4 Å². The van der Waals surface area contributed by atoms with E-state index in [0.29, 0.717) is 50.1 Å². The fourth-order valence-electron chi connectivity index (χ4n) is 4.75. The number of nitrogens with zero attached hydrogens (tertiary/aromatic N) is 3. The Hall–Kier alpha value is -2.52. The van der Waals surface area contributed by atoms with Crippen LogP contribution in [0.3, 0.4) is 0 Å². The summed E-state index contributed by atoms with van der Waals surface area (Å²) in [5.74, 6) is 1.43. The minimum atomic E-state index is -3.61. The predicted molar refractivity (Wildman–Crippen MR) is 127 cm³/mol. The van der Waals surface area contributed by atoms with E-state index in [2.05, 4.69) is 21.5 Å². The third-order valence-corrected chi connectivity index (χ3v) is 8.99. The summed E-state index contributed by atoms with van der Waals surface area (Å²) >= 11 is 0. The normalized spacial score (nSPS) is 20.2. The molecule has 2 aliphatic carbocycles. The number of sulfonamides is 1. The zero-order chi connectivity index (χ0) is 23.5. The minimum absolute atomic E-state index is 0.0449. The van der Waals surface area contributed by atoms with Gasteiger partial charge in [-0.05, 0) is 82.1 Å². The van der Waals surface area contributed by atoms with E-state index >= 15 is 0 Å². The second-order valence-electron chi connectivity index (χ2n) is 9.58. The number of hydrogen-bond acceptors (Lipinski definition) is 6.